The zero-order valence-corrected chi connectivity index (χ0v) is 11.4. The quantitative estimate of drug-likeness (QED) is 0.612. The van der Waals surface area contributed by atoms with Gasteiger partial charge >= 0.3 is 5.97 Å². The number of nitrogens with one attached hydrogen (secondary N) is 1. The number of carbonyl (C=O) groups is 1. The molecular formula is C12H16B2N2O3. The highest BCUT2D eigenvalue weighted by Crippen LogP contribution is 2.21. The van der Waals surface area contributed by atoms with Crippen molar-refractivity contribution in [3.8, 4) is 5.88 Å². The van der Waals surface area contributed by atoms with Crippen molar-refractivity contribution in [3.63, 3.8) is 0 Å². The van der Waals surface area contributed by atoms with Gasteiger partial charge in [-0.3, -0.25) is 0 Å². The lowest BCUT2D eigenvalue weighted by Gasteiger charge is -2.18. The van der Waals surface area contributed by atoms with Gasteiger partial charge in [-0.15, -0.1) is 0 Å². The second-order valence-corrected chi connectivity index (χ2v) is 4.39. The molecule has 1 rings (SSSR count). The molecule has 1 heterocycles. The van der Waals surface area contributed by atoms with Gasteiger partial charge in [-0.25, -0.2) is 4.79 Å². The van der Waals surface area contributed by atoms with Gasteiger partial charge in [0, 0.05) is 13.1 Å². The molecule has 0 aliphatic heterocycles. The summed E-state index contributed by atoms with van der Waals surface area (Å²) >= 11 is 0. The molecule has 0 spiro atoms. The smallest absolute Gasteiger partial charge is 0.341 e. The zero-order valence-electron chi connectivity index (χ0n) is 11.4. The van der Waals surface area contributed by atoms with Gasteiger partial charge in [0.05, 0.1) is 29.4 Å². The van der Waals surface area contributed by atoms with Gasteiger partial charge in [0.1, 0.15) is 11.4 Å². The lowest BCUT2D eigenvalue weighted by Crippen LogP contribution is -2.13. The number of esters is 1. The van der Waals surface area contributed by atoms with E-state index in [2.05, 4.69) is 15.0 Å². The number of anilines is 1. The van der Waals surface area contributed by atoms with Crippen LogP contribution >= 0.6 is 0 Å². The van der Waals surface area contributed by atoms with E-state index < -0.39 is 11.2 Å². The van der Waals surface area contributed by atoms with E-state index in [1.807, 2.05) is 0 Å². The molecule has 19 heavy (non-hydrogen) atoms. The summed E-state index contributed by atoms with van der Waals surface area (Å²) in [6.07, 6.45) is 0.488. The Morgan fingerprint density at radius 2 is 2.16 bits per heavy atom. The van der Waals surface area contributed by atoms with Crippen LogP contribution in [0.3, 0.4) is 0 Å². The minimum Gasteiger partial charge on any atom is -0.478 e. The first-order valence-electron chi connectivity index (χ1n) is 5.85. The maximum Gasteiger partial charge on any atom is 0.341 e. The number of carbonyl (C=O) groups excluding carboxylic acids is 1. The van der Waals surface area contributed by atoms with Crippen LogP contribution in [0.1, 0.15) is 23.7 Å². The molecule has 0 unspecified atom stereocenters. The summed E-state index contributed by atoms with van der Waals surface area (Å²) in [6.45, 7) is 2.06. The molecule has 1 aromatic heterocycles. The average Bonchev–Trinajstić information content (AvgIpc) is 2.36. The number of aromatic nitrogens is 1. The fourth-order valence-corrected chi connectivity index (χ4v) is 1.36. The van der Waals surface area contributed by atoms with Crippen LogP contribution in [0.4, 0.5) is 5.82 Å². The molecule has 98 valence electrons. The third-order valence-electron chi connectivity index (χ3n) is 2.40. The van der Waals surface area contributed by atoms with Crippen molar-refractivity contribution in [3.05, 3.63) is 17.7 Å². The van der Waals surface area contributed by atoms with Crippen LogP contribution in [0, 0.1) is 0 Å². The first kappa shape index (κ1) is 15.4. The first-order chi connectivity index (χ1) is 8.87. The predicted octanol–water partition coefficient (Wildman–Crippen LogP) is 1.15. The Morgan fingerprint density at radius 1 is 1.47 bits per heavy atom. The number of ether oxygens (including phenoxy) is 2. The van der Waals surface area contributed by atoms with Gasteiger partial charge in [-0.2, -0.15) is 4.98 Å². The van der Waals surface area contributed by atoms with E-state index in [-0.39, 0.29) is 0 Å². The summed E-state index contributed by atoms with van der Waals surface area (Å²) in [5.74, 6) is 0.328. The maximum atomic E-state index is 11.5. The summed E-state index contributed by atoms with van der Waals surface area (Å²) in [6, 6.07) is 3.18. The van der Waals surface area contributed by atoms with Gasteiger partial charge in [-0.05, 0) is 12.5 Å². The third kappa shape index (κ3) is 4.85. The normalized spacial score (nSPS) is 10.9. The number of methoxy groups -OCH3 is 1. The van der Waals surface area contributed by atoms with Crippen molar-refractivity contribution in [2.75, 3.05) is 26.1 Å². The fourth-order valence-electron chi connectivity index (χ4n) is 1.36. The second-order valence-electron chi connectivity index (χ2n) is 4.39. The molecule has 1 aromatic rings. The van der Waals surface area contributed by atoms with E-state index in [0.717, 1.165) is 0 Å². The van der Waals surface area contributed by atoms with Gasteiger partial charge < -0.3 is 14.8 Å². The van der Waals surface area contributed by atoms with E-state index in [0.29, 0.717) is 30.3 Å². The van der Waals surface area contributed by atoms with E-state index >= 15 is 0 Å². The maximum absolute atomic E-state index is 11.5. The summed E-state index contributed by atoms with van der Waals surface area (Å²) < 4.78 is 10.1. The molecule has 0 saturated carbocycles. The van der Waals surface area contributed by atoms with Crippen LogP contribution in [0.25, 0.3) is 0 Å². The van der Waals surface area contributed by atoms with Crippen molar-refractivity contribution in [1.29, 1.82) is 0 Å². The van der Waals surface area contributed by atoms with E-state index in [4.69, 9.17) is 20.4 Å². The van der Waals surface area contributed by atoms with Crippen LogP contribution in [0.2, 0.25) is 5.21 Å². The van der Waals surface area contributed by atoms with Gasteiger partial charge in [0.15, 0.2) is 0 Å². The summed E-state index contributed by atoms with van der Waals surface area (Å²) in [4.78, 5) is 15.6. The van der Waals surface area contributed by atoms with Gasteiger partial charge in [0.2, 0.25) is 5.88 Å². The van der Waals surface area contributed by atoms with Crippen molar-refractivity contribution in [2.45, 2.75) is 18.6 Å². The Morgan fingerprint density at radius 3 is 2.68 bits per heavy atom. The molecule has 1 N–H and O–H groups in total. The van der Waals surface area contributed by atoms with Gasteiger partial charge in [-0.1, -0.05) is 12.1 Å². The number of hydrogen-bond donors (Lipinski definition) is 1. The Bertz CT molecular complexity index is 447. The van der Waals surface area contributed by atoms with Crippen molar-refractivity contribution < 1.29 is 14.3 Å². The molecular weight excluding hydrogens is 242 g/mol. The monoisotopic (exact) mass is 258 g/mol. The van der Waals surface area contributed by atoms with Crippen LogP contribution in [0.5, 0.6) is 5.88 Å². The molecule has 0 aromatic carbocycles. The second kappa shape index (κ2) is 6.50. The highest BCUT2D eigenvalue weighted by molar-refractivity contribution is 6.39. The standard InChI is InChI=1S/C12H16B2N2O3/c1-12(13,14)6-7-19-9-5-4-8(11(17)18-3)10(15-2)16-9/h4-5H,6-7H2,1-3H3,(H,15,16). The van der Waals surface area contributed by atoms with E-state index in [1.54, 1.807) is 26.1 Å². The Kier molecular flexibility index (Phi) is 5.27. The SMILES string of the molecule is [B]C([B])(C)CCOc1ccc(C(=O)OC)c(NC)n1. The third-order valence-corrected chi connectivity index (χ3v) is 2.40. The predicted molar refractivity (Wildman–Crippen MR) is 75.1 cm³/mol. The molecule has 0 aliphatic rings. The molecule has 0 fully saturated rings. The molecule has 0 saturated heterocycles. The summed E-state index contributed by atoms with van der Waals surface area (Å²) in [5, 5.41) is 2.04. The lowest BCUT2D eigenvalue weighted by molar-refractivity contribution is 0.0601. The van der Waals surface area contributed by atoms with Crippen LogP contribution in [0.15, 0.2) is 12.1 Å². The Hall–Kier alpha value is -1.65. The number of nitrogens with zero attached hydrogens (tertiary/aromatic N) is 1. The van der Waals surface area contributed by atoms with Crippen LogP contribution < -0.4 is 10.1 Å². The van der Waals surface area contributed by atoms with Crippen molar-refractivity contribution in [2.24, 2.45) is 0 Å². The molecule has 7 heteroatoms. The minimum absolute atomic E-state index is 0.344. The lowest BCUT2D eigenvalue weighted by atomic mass is 9.54. The molecule has 0 atom stereocenters. The number of rotatable bonds is 6. The molecule has 0 bridgehead atoms. The van der Waals surface area contributed by atoms with E-state index in [9.17, 15) is 4.79 Å². The number of hydrogen-bond acceptors (Lipinski definition) is 5. The summed E-state index contributed by atoms with van der Waals surface area (Å²) in [5.41, 5.74) is 0.347. The average molecular weight is 258 g/mol. The highest BCUT2D eigenvalue weighted by atomic mass is 16.5. The van der Waals surface area contributed by atoms with E-state index in [1.165, 1.54) is 7.11 Å². The molecule has 0 amide bonds. The Labute approximate surface area is 115 Å². The van der Waals surface area contributed by atoms with Crippen molar-refractivity contribution in [1.82, 2.24) is 4.98 Å². The number of pyridine rings is 1. The van der Waals surface area contributed by atoms with Crippen molar-refractivity contribution >= 4 is 27.5 Å². The van der Waals surface area contributed by atoms with Gasteiger partial charge in [0.25, 0.3) is 0 Å². The topological polar surface area (TPSA) is 60.5 Å². The first-order valence-corrected chi connectivity index (χ1v) is 5.85. The minimum atomic E-state index is -0.780. The zero-order chi connectivity index (χ0) is 14.5. The largest absolute Gasteiger partial charge is 0.478 e. The van der Waals surface area contributed by atoms with Crippen LogP contribution in [-0.2, 0) is 4.74 Å². The highest BCUT2D eigenvalue weighted by Gasteiger charge is 2.14. The summed E-state index contributed by atoms with van der Waals surface area (Å²) in [7, 11) is 14.3. The Balaban J connectivity index is 2.74. The molecule has 4 radical (unpaired) electrons. The molecule has 5 nitrogen and oxygen atoms in total. The fraction of sp³-hybridized carbons (Fsp3) is 0.500. The molecule has 0 aliphatic carbocycles. The van der Waals surface area contributed by atoms with Crippen LogP contribution in [-0.4, -0.2) is 47.4 Å².